The van der Waals surface area contributed by atoms with Crippen molar-refractivity contribution in [1.82, 2.24) is 0 Å². The molecule has 0 aliphatic carbocycles. The van der Waals surface area contributed by atoms with Crippen LogP contribution in [0.4, 0.5) is 0 Å². The molecule has 0 atom stereocenters. The van der Waals surface area contributed by atoms with Crippen LogP contribution < -0.4 is 0 Å². The molecular formula is C29H24O3S. The summed E-state index contributed by atoms with van der Waals surface area (Å²) in [4.78, 5) is -0.102. The van der Waals surface area contributed by atoms with Crippen molar-refractivity contribution in [3.05, 3.63) is 125 Å². The first-order valence-corrected chi connectivity index (χ1v) is 12.0. The SMILES string of the molecule is Cc1ccccc1/C=C/c1ccc(-c2ccc(/C=C/c3ccccc3S(=O)(=O)O)cc2)cc1. The largest absolute Gasteiger partial charge is 0.295 e. The van der Waals surface area contributed by atoms with Gasteiger partial charge >= 0.3 is 0 Å². The molecule has 164 valence electrons. The number of rotatable bonds is 6. The highest BCUT2D eigenvalue weighted by Crippen LogP contribution is 2.23. The van der Waals surface area contributed by atoms with Crippen LogP contribution in [0.15, 0.2) is 102 Å². The molecule has 0 radical (unpaired) electrons. The van der Waals surface area contributed by atoms with Gasteiger partial charge in [-0.2, -0.15) is 8.42 Å². The highest BCUT2D eigenvalue weighted by Gasteiger charge is 2.12. The third-order valence-corrected chi connectivity index (χ3v) is 6.38. The average Bonchev–Trinajstić information content (AvgIpc) is 2.82. The second-order valence-corrected chi connectivity index (χ2v) is 9.17. The molecule has 0 amide bonds. The first-order valence-electron chi connectivity index (χ1n) is 10.6. The lowest BCUT2D eigenvalue weighted by atomic mass is 10.0. The first kappa shape index (κ1) is 22.5. The summed E-state index contributed by atoms with van der Waals surface area (Å²) in [5, 5.41) is 0. The zero-order valence-electron chi connectivity index (χ0n) is 18.2. The molecule has 0 heterocycles. The lowest BCUT2D eigenvalue weighted by Crippen LogP contribution is -2.00. The van der Waals surface area contributed by atoms with E-state index in [4.69, 9.17) is 0 Å². The Bertz CT molecular complexity index is 1410. The fourth-order valence-corrected chi connectivity index (χ4v) is 4.26. The van der Waals surface area contributed by atoms with Crippen LogP contribution in [0, 0.1) is 6.92 Å². The van der Waals surface area contributed by atoms with Crippen LogP contribution in [-0.2, 0) is 10.1 Å². The molecule has 3 nitrogen and oxygen atoms in total. The van der Waals surface area contributed by atoms with Crippen molar-refractivity contribution < 1.29 is 13.0 Å². The van der Waals surface area contributed by atoms with E-state index in [-0.39, 0.29) is 4.90 Å². The van der Waals surface area contributed by atoms with Gasteiger partial charge in [0, 0.05) is 0 Å². The second-order valence-electron chi connectivity index (χ2n) is 7.78. The van der Waals surface area contributed by atoms with E-state index in [1.54, 1.807) is 24.3 Å². The number of benzene rings is 4. The summed E-state index contributed by atoms with van der Waals surface area (Å²) in [6.07, 6.45) is 7.76. The Morgan fingerprint density at radius 1 is 0.576 bits per heavy atom. The molecule has 0 saturated carbocycles. The maximum absolute atomic E-state index is 11.5. The van der Waals surface area contributed by atoms with Crippen molar-refractivity contribution in [2.45, 2.75) is 11.8 Å². The standard InChI is InChI=1S/C29H24O3S/c1-22-6-2-3-7-25(22)16-10-23-11-17-26(18-12-23)27-19-13-24(14-20-27)15-21-28-8-4-5-9-29(28)33(30,31)32/h2-21H,1H3,(H,30,31,32)/b16-10+,21-15+. The van der Waals surface area contributed by atoms with Crippen molar-refractivity contribution in [3.8, 4) is 11.1 Å². The predicted octanol–water partition coefficient (Wildman–Crippen LogP) is 7.25. The van der Waals surface area contributed by atoms with Gasteiger partial charge in [0.05, 0.1) is 0 Å². The summed E-state index contributed by atoms with van der Waals surface area (Å²) >= 11 is 0. The minimum Gasteiger partial charge on any atom is -0.282 e. The van der Waals surface area contributed by atoms with Crippen molar-refractivity contribution >= 4 is 34.4 Å². The van der Waals surface area contributed by atoms with Gasteiger partial charge in [-0.15, -0.1) is 0 Å². The summed E-state index contributed by atoms with van der Waals surface area (Å²) < 4.78 is 32.5. The van der Waals surface area contributed by atoms with Crippen LogP contribution in [0.3, 0.4) is 0 Å². The molecule has 0 spiro atoms. The van der Waals surface area contributed by atoms with Gasteiger partial charge in [0.15, 0.2) is 0 Å². The van der Waals surface area contributed by atoms with E-state index in [0.29, 0.717) is 5.56 Å². The summed E-state index contributed by atoms with van der Waals surface area (Å²) in [7, 11) is -4.26. The van der Waals surface area contributed by atoms with Gasteiger partial charge in [-0.05, 0) is 51.9 Å². The van der Waals surface area contributed by atoms with E-state index < -0.39 is 10.1 Å². The molecule has 0 aliphatic rings. The van der Waals surface area contributed by atoms with Gasteiger partial charge in [0.25, 0.3) is 10.1 Å². The summed E-state index contributed by atoms with van der Waals surface area (Å²) in [5.74, 6) is 0. The molecule has 4 aromatic carbocycles. The Kier molecular flexibility index (Phi) is 6.68. The summed E-state index contributed by atoms with van der Waals surface area (Å²) in [6, 6.07) is 31.1. The number of aryl methyl sites for hydroxylation is 1. The van der Waals surface area contributed by atoms with Gasteiger partial charge in [-0.25, -0.2) is 0 Å². The molecule has 0 aromatic heterocycles. The Labute approximate surface area is 195 Å². The average molecular weight is 453 g/mol. The maximum Gasteiger partial charge on any atom is 0.295 e. The molecule has 4 rings (SSSR count). The Hall–Kier alpha value is -3.73. The van der Waals surface area contributed by atoms with E-state index in [2.05, 4.69) is 55.5 Å². The van der Waals surface area contributed by atoms with Gasteiger partial charge < -0.3 is 0 Å². The molecule has 33 heavy (non-hydrogen) atoms. The molecule has 4 aromatic rings. The van der Waals surface area contributed by atoms with Crippen LogP contribution in [0.25, 0.3) is 35.4 Å². The van der Waals surface area contributed by atoms with Crippen molar-refractivity contribution in [3.63, 3.8) is 0 Å². The third kappa shape index (κ3) is 5.75. The van der Waals surface area contributed by atoms with Gasteiger partial charge in [0.1, 0.15) is 4.90 Å². The van der Waals surface area contributed by atoms with Gasteiger partial charge in [0.2, 0.25) is 0 Å². The number of hydrogen-bond acceptors (Lipinski definition) is 2. The van der Waals surface area contributed by atoms with Crippen LogP contribution in [-0.4, -0.2) is 13.0 Å². The van der Waals surface area contributed by atoms with E-state index in [9.17, 15) is 13.0 Å². The summed E-state index contributed by atoms with van der Waals surface area (Å²) in [6.45, 7) is 2.11. The minimum absolute atomic E-state index is 0.102. The third-order valence-electron chi connectivity index (χ3n) is 5.45. The highest BCUT2D eigenvalue weighted by atomic mass is 32.2. The van der Waals surface area contributed by atoms with Gasteiger partial charge in [-0.3, -0.25) is 4.55 Å². The second kappa shape index (κ2) is 9.82. The smallest absolute Gasteiger partial charge is 0.282 e. The molecular weight excluding hydrogens is 428 g/mol. The Morgan fingerprint density at radius 3 is 1.55 bits per heavy atom. The topological polar surface area (TPSA) is 54.4 Å². The van der Waals surface area contributed by atoms with E-state index >= 15 is 0 Å². The lowest BCUT2D eigenvalue weighted by molar-refractivity contribution is 0.483. The zero-order valence-corrected chi connectivity index (χ0v) is 19.0. The highest BCUT2D eigenvalue weighted by molar-refractivity contribution is 7.85. The molecule has 0 aliphatic heterocycles. The molecule has 4 heteroatoms. The molecule has 1 N–H and O–H groups in total. The fraction of sp³-hybridized carbons (Fsp3) is 0.0345. The number of hydrogen-bond donors (Lipinski definition) is 1. The quantitative estimate of drug-likeness (QED) is 0.248. The Morgan fingerprint density at radius 2 is 1.03 bits per heavy atom. The fourth-order valence-electron chi connectivity index (χ4n) is 3.57. The molecule has 0 unspecified atom stereocenters. The summed E-state index contributed by atoms with van der Waals surface area (Å²) in [5.41, 5.74) is 7.19. The van der Waals surface area contributed by atoms with Crippen LogP contribution >= 0.6 is 0 Å². The predicted molar refractivity (Wildman–Crippen MR) is 137 cm³/mol. The van der Waals surface area contributed by atoms with Crippen LogP contribution in [0.5, 0.6) is 0 Å². The van der Waals surface area contributed by atoms with E-state index in [0.717, 1.165) is 22.3 Å². The van der Waals surface area contributed by atoms with Crippen molar-refractivity contribution in [2.75, 3.05) is 0 Å². The normalized spacial score (nSPS) is 11.9. The zero-order chi connectivity index (χ0) is 23.3. The Balaban J connectivity index is 1.48. The van der Waals surface area contributed by atoms with Gasteiger partial charge in [-0.1, -0.05) is 115 Å². The van der Waals surface area contributed by atoms with E-state index in [1.165, 1.54) is 17.2 Å². The lowest BCUT2D eigenvalue weighted by Gasteiger charge is -2.04. The monoisotopic (exact) mass is 452 g/mol. The van der Waals surface area contributed by atoms with Crippen LogP contribution in [0.1, 0.15) is 27.8 Å². The van der Waals surface area contributed by atoms with Crippen molar-refractivity contribution in [2.24, 2.45) is 0 Å². The molecule has 0 bridgehead atoms. The molecule has 0 saturated heterocycles. The minimum atomic E-state index is -4.26. The maximum atomic E-state index is 11.5. The van der Waals surface area contributed by atoms with E-state index in [1.807, 2.05) is 42.5 Å². The van der Waals surface area contributed by atoms with Crippen molar-refractivity contribution in [1.29, 1.82) is 0 Å². The first-order chi connectivity index (χ1) is 15.9. The molecule has 0 fully saturated rings. The van der Waals surface area contributed by atoms with Crippen LogP contribution in [0.2, 0.25) is 0 Å².